The number of nitrogens with zero attached hydrogens (tertiary/aromatic N) is 2. The van der Waals surface area contributed by atoms with Gasteiger partial charge >= 0.3 is 6.03 Å². The number of rotatable bonds is 3. The number of aromatic nitrogens is 1. The second kappa shape index (κ2) is 5.13. The number of pyridine rings is 1. The third kappa shape index (κ3) is 2.25. The van der Waals surface area contributed by atoms with Crippen molar-refractivity contribution in [3.63, 3.8) is 0 Å². The van der Waals surface area contributed by atoms with Gasteiger partial charge in [0.1, 0.15) is 6.04 Å². The maximum atomic E-state index is 12.3. The van der Waals surface area contributed by atoms with Gasteiger partial charge in [-0.05, 0) is 29.8 Å². The molecule has 1 unspecified atom stereocenters. The highest BCUT2D eigenvalue weighted by atomic mass is 16.2. The molecule has 3 amide bonds. The minimum atomic E-state index is -0.523. The Morgan fingerprint density at radius 2 is 1.75 bits per heavy atom. The lowest BCUT2D eigenvalue weighted by Crippen LogP contribution is -2.32. The zero-order chi connectivity index (χ0) is 13.9. The van der Waals surface area contributed by atoms with E-state index in [9.17, 15) is 9.59 Å². The predicted molar refractivity (Wildman–Crippen MR) is 74.2 cm³/mol. The van der Waals surface area contributed by atoms with Crippen LogP contribution in [0.25, 0.3) is 0 Å². The molecule has 0 radical (unpaired) electrons. The number of urea groups is 1. The van der Waals surface area contributed by atoms with E-state index in [4.69, 9.17) is 0 Å². The second-order valence-electron chi connectivity index (χ2n) is 4.57. The monoisotopic (exact) mass is 267 g/mol. The summed E-state index contributed by atoms with van der Waals surface area (Å²) in [6.45, 7) is 0. The zero-order valence-electron chi connectivity index (χ0n) is 10.7. The molecule has 0 aliphatic carbocycles. The Morgan fingerprint density at radius 1 is 1.05 bits per heavy atom. The molecule has 1 saturated heterocycles. The van der Waals surface area contributed by atoms with Crippen LogP contribution in [-0.4, -0.2) is 23.0 Å². The van der Waals surface area contributed by atoms with Crippen LogP contribution >= 0.6 is 0 Å². The first kappa shape index (κ1) is 12.3. The lowest BCUT2D eigenvalue weighted by Gasteiger charge is -2.12. The summed E-state index contributed by atoms with van der Waals surface area (Å²) in [7, 11) is 0. The summed E-state index contributed by atoms with van der Waals surface area (Å²) in [4.78, 5) is 29.4. The van der Waals surface area contributed by atoms with Gasteiger partial charge in [0.2, 0.25) is 0 Å². The van der Waals surface area contributed by atoms with Crippen molar-refractivity contribution < 1.29 is 9.59 Å². The minimum Gasteiger partial charge on any atom is -0.325 e. The maximum absolute atomic E-state index is 12.3. The molecule has 3 rings (SSSR count). The molecule has 1 aliphatic heterocycles. The van der Waals surface area contributed by atoms with Crippen LogP contribution in [0, 0.1) is 0 Å². The van der Waals surface area contributed by atoms with Crippen molar-refractivity contribution in [3.8, 4) is 0 Å². The van der Waals surface area contributed by atoms with Gasteiger partial charge in [-0.1, -0.05) is 18.2 Å². The number of para-hydroxylation sites is 1. The highest BCUT2D eigenvalue weighted by Gasteiger charge is 2.38. The fourth-order valence-corrected chi connectivity index (χ4v) is 2.25. The first-order chi connectivity index (χ1) is 9.75. The van der Waals surface area contributed by atoms with E-state index in [1.54, 1.807) is 36.7 Å². The van der Waals surface area contributed by atoms with Crippen molar-refractivity contribution in [3.05, 3.63) is 60.4 Å². The van der Waals surface area contributed by atoms with Crippen LogP contribution in [0.5, 0.6) is 0 Å². The topological polar surface area (TPSA) is 62.3 Å². The third-order valence-corrected chi connectivity index (χ3v) is 3.22. The van der Waals surface area contributed by atoms with Gasteiger partial charge in [0, 0.05) is 18.8 Å². The number of nitrogens with one attached hydrogen (secondary N) is 1. The minimum absolute atomic E-state index is 0.224. The first-order valence-electron chi connectivity index (χ1n) is 6.34. The number of amides is 3. The molecule has 20 heavy (non-hydrogen) atoms. The summed E-state index contributed by atoms with van der Waals surface area (Å²) < 4.78 is 0. The van der Waals surface area contributed by atoms with E-state index in [0.29, 0.717) is 12.1 Å². The molecular weight excluding hydrogens is 254 g/mol. The van der Waals surface area contributed by atoms with Crippen molar-refractivity contribution in [2.75, 3.05) is 4.90 Å². The quantitative estimate of drug-likeness (QED) is 0.862. The molecule has 1 fully saturated rings. The molecule has 0 saturated carbocycles. The summed E-state index contributed by atoms with van der Waals surface area (Å²) in [5.41, 5.74) is 1.56. The van der Waals surface area contributed by atoms with E-state index in [1.807, 2.05) is 18.2 Å². The summed E-state index contributed by atoms with van der Waals surface area (Å²) in [5, 5.41) is 2.72. The van der Waals surface area contributed by atoms with Crippen molar-refractivity contribution in [1.29, 1.82) is 0 Å². The van der Waals surface area contributed by atoms with E-state index in [1.165, 1.54) is 4.90 Å². The number of carbonyl (C=O) groups excluding carboxylic acids is 2. The van der Waals surface area contributed by atoms with Crippen LogP contribution in [-0.2, 0) is 11.2 Å². The van der Waals surface area contributed by atoms with Crippen molar-refractivity contribution >= 4 is 17.6 Å². The Labute approximate surface area is 116 Å². The normalized spacial score (nSPS) is 18.2. The molecule has 1 atom stereocenters. The smallest absolute Gasteiger partial charge is 0.325 e. The Kier molecular flexibility index (Phi) is 3.16. The van der Waals surface area contributed by atoms with Gasteiger partial charge in [0.05, 0.1) is 5.69 Å². The van der Waals surface area contributed by atoms with Crippen molar-refractivity contribution in [2.45, 2.75) is 12.5 Å². The third-order valence-electron chi connectivity index (χ3n) is 3.22. The van der Waals surface area contributed by atoms with Crippen LogP contribution in [0.4, 0.5) is 10.5 Å². The number of hydrogen-bond donors (Lipinski definition) is 1. The van der Waals surface area contributed by atoms with Crippen molar-refractivity contribution in [1.82, 2.24) is 10.3 Å². The molecule has 1 aromatic heterocycles. The standard InChI is InChI=1S/C15H13N3O2/c19-14-13(10-11-6-8-16-9-7-11)17-15(20)18(14)12-4-2-1-3-5-12/h1-9,13H,10H2,(H,17,20). The van der Waals surface area contributed by atoms with Gasteiger partial charge in [0.15, 0.2) is 0 Å². The van der Waals surface area contributed by atoms with Crippen molar-refractivity contribution in [2.24, 2.45) is 0 Å². The maximum Gasteiger partial charge on any atom is 0.329 e. The molecule has 0 spiro atoms. The molecular formula is C15H13N3O2. The average molecular weight is 267 g/mol. The molecule has 1 N–H and O–H groups in total. The largest absolute Gasteiger partial charge is 0.329 e. The van der Waals surface area contributed by atoms with E-state index in [-0.39, 0.29) is 11.9 Å². The van der Waals surface area contributed by atoms with Crippen LogP contribution in [0.3, 0.4) is 0 Å². The van der Waals surface area contributed by atoms with Gasteiger partial charge in [-0.25, -0.2) is 9.69 Å². The molecule has 2 aromatic rings. The fourth-order valence-electron chi connectivity index (χ4n) is 2.25. The summed E-state index contributed by atoms with van der Waals surface area (Å²) in [6.07, 6.45) is 3.81. The van der Waals surface area contributed by atoms with Gasteiger partial charge in [0.25, 0.3) is 5.91 Å². The Bertz CT molecular complexity index is 628. The van der Waals surface area contributed by atoms with Crippen LogP contribution in [0.2, 0.25) is 0 Å². The Hall–Kier alpha value is -2.69. The van der Waals surface area contributed by atoms with E-state index >= 15 is 0 Å². The zero-order valence-corrected chi connectivity index (χ0v) is 10.7. The summed E-state index contributed by atoms with van der Waals surface area (Å²) in [6, 6.07) is 11.7. The summed E-state index contributed by atoms with van der Waals surface area (Å²) >= 11 is 0. The van der Waals surface area contributed by atoms with Crippen LogP contribution in [0.1, 0.15) is 5.56 Å². The van der Waals surface area contributed by atoms with E-state index in [0.717, 1.165) is 5.56 Å². The molecule has 100 valence electrons. The first-order valence-corrected chi connectivity index (χ1v) is 6.34. The van der Waals surface area contributed by atoms with E-state index in [2.05, 4.69) is 10.3 Å². The highest BCUT2D eigenvalue weighted by Crippen LogP contribution is 2.20. The number of imide groups is 1. The molecule has 1 aliphatic rings. The Morgan fingerprint density at radius 3 is 2.45 bits per heavy atom. The average Bonchev–Trinajstić information content (AvgIpc) is 2.75. The fraction of sp³-hybridized carbons (Fsp3) is 0.133. The van der Waals surface area contributed by atoms with Crippen LogP contribution in [0.15, 0.2) is 54.9 Å². The van der Waals surface area contributed by atoms with Gasteiger partial charge in [-0.15, -0.1) is 0 Å². The highest BCUT2D eigenvalue weighted by molar-refractivity contribution is 6.21. The molecule has 5 heteroatoms. The molecule has 1 aromatic carbocycles. The second-order valence-corrected chi connectivity index (χ2v) is 4.57. The number of hydrogen-bond acceptors (Lipinski definition) is 3. The van der Waals surface area contributed by atoms with E-state index < -0.39 is 6.04 Å². The Balaban J connectivity index is 1.81. The molecule has 0 bridgehead atoms. The molecule has 2 heterocycles. The summed E-state index contributed by atoms with van der Waals surface area (Å²) in [5.74, 6) is -0.224. The molecule has 5 nitrogen and oxygen atoms in total. The predicted octanol–water partition coefficient (Wildman–Crippen LogP) is 1.75. The number of benzene rings is 1. The number of anilines is 1. The van der Waals surface area contributed by atoms with Crippen LogP contribution < -0.4 is 10.2 Å². The lowest BCUT2D eigenvalue weighted by molar-refractivity contribution is -0.118. The van der Waals surface area contributed by atoms with Gasteiger partial charge in [-0.3, -0.25) is 9.78 Å². The SMILES string of the molecule is O=C1NC(Cc2ccncc2)C(=O)N1c1ccccc1. The number of carbonyl (C=O) groups is 2. The van der Waals surface area contributed by atoms with Gasteiger partial charge in [-0.2, -0.15) is 0 Å². The van der Waals surface area contributed by atoms with Gasteiger partial charge < -0.3 is 5.32 Å². The lowest BCUT2D eigenvalue weighted by atomic mass is 10.1.